The van der Waals surface area contributed by atoms with Crippen LogP contribution in [0.4, 0.5) is 5.69 Å². The van der Waals surface area contributed by atoms with E-state index in [1.54, 1.807) is 32.9 Å². The van der Waals surface area contributed by atoms with Crippen molar-refractivity contribution in [3.63, 3.8) is 0 Å². The quantitative estimate of drug-likeness (QED) is 0.670. The van der Waals surface area contributed by atoms with E-state index >= 15 is 0 Å². The SMILES string of the molecule is CSc1ccc(S(=O)(=O)NC(C)c2ccc(C)cc2)cc1NC(=O)C(C)C. The third-order valence-corrected chi connectivity index (χ3v) is 6.51. The molecule has 0 aromatic heterocycles. The van der Waals surface area contributed by atoms with Crippen molar-refractivity contribution in [1.82, 2.24) is 4.72 Å². The van der Waals surface area contributed by atoms with Gasteiger partial charge in [0.2, 0.25) is 15.9 Å². The zero-order valence-corrected chi connectivity index (χ0v) is 17.9. The summed E-state index contributed by atoms with van der Waals surface area (Å²) in [5.74, 6) is -0.347. The zero-order valence-electron chi connectivity index (χ0n) is 16.2. The molecule has 0 aliphatic carbocycles. The van der Waals surface area contributed by atoms with E-state index in [4.69, 9.17) is 0 Å². The number of carbonyl (C=O) groups is 1. The van der Waals surface area contributed by atoms with Crippen molar-refractivity contribution in [1.29, 1.82) is 0 Å². The van der Waals surface area contributed by atoms with Crippen molar-refractivity contribution in [2.75, 3.05) is 11.6 Å². The van der Waals surface area contributed by atoms with Gasteiger partial charge in [0.25, 0.3) is 0 Å². The van der Waals surface area contributed by atoms with Crippen molar-refractivity contribution >= 4 is 33.4 Å². The first-order valence-electron chi connectivity index (χ1n) is 8.72. The molecule has 2 N–H and O–H groups in total. The minimum Gasteiger partial charge on any atom is -0.325 e. The van der Waals surface area contributed by atoms with Crippen LogP contribution in [0.3, 0.4) is 0 Å². The van der Waals surface area contributed by atoms with E-state index < -0.39 is 10.0 Å². The number of benzene rings is 2. The molecule has 0 aliphatic heterocycles. The number of sulfonamides is 1. The molecule has 27 heavy (non-hydrogen) atoms. The molecule has 146 valence electrons. The van der Waals surface area contributed by atoms with Crippen molar-refractivity contribution in [3.05, 3.63) is 53.6 Å². The number of nitrogens with one attached hydrogen (secondary N) is 2. The average Bonchev–Trinajstić information content (AvgIpc) is 2.61. The largest absolute Gasteiger partial charge is 0.325 e. The molecule has 2 aromatic carbocycles. The summed E-state index contributed by atoms with van der Waals surface area (Å²) >= 11 is 1.45. The molecule has 2 rings (SSSR count). The Bertz CT molecular complexity index is 907. The van der Waals surface area contributed by atoms with Crippen molar-refractivity contribution in [2.24, 2.45) is 5.92 Å². The van der Waals surface area contributed by atoms with E-state index in [9.17, 15) is 13.2 Å². The minimum absolute atomic E-state index is 0.123. The van der Waals surface area contributed by atoms with Gasteiger partial charge in [-0.25, -0.2) is 13.1 Å². The lowest BCUT2D eigenvalue weighted by atomic mass is 10.1. The van der Waals surface area contributed by atoms with Gasteiger partial charge in [0.15, 0.2) is 0 Å². The van der Waals surface area contributed by atoms with Crippen LogP contribution in [-0.2, 0) is 14.8 Å². The Morgan fingerprint density at radius 3 is 2.22 bits per heavy atom. The lowest BCUT2D eigenvalue weighted by Gasteiger charge is -2.17. The number of thioether (sulfide) groups is 1. The molecule has 0 saturated heterocycles. The summed E-state index contributed by atoms with van der Waals surface area (Å²) in [4.78, 5) is 13.0. The van der Waals surface area contributed by atoms with Crippen LogP contribution in [0.5, 0.6) is 0 Å². The summed E-state index contributed by atoms with van der Waals surface area (Å²) in [5, 5.41) is 2.81. The summed E-state index contributed by atoms with van der Waals surface area (Å²) in [7, 11) is -3.73. The van der Waals surface area contributed by atoms with Crippen LogP contribution in [-0.4, -0.2) is 20.6 Å². The van der Waals surface area contributed by atoms with Gasteiger partial charge in [-0.2, -0.15) is 0 Å². The van der Waals surface area contributed by atoms with Gasteiger partial charge >= 0.3 is 0 Å². The molecule has 0 heterocycles. The molecular formula is C20H26N2O3S2. The lowest BCUT2D eigenvalue weighted by molar-refractivity contribution is -0.118. The predicted molar refractivity (Wildman–Crippen MR) is 112 cm³/mol. The summed E-state index contributed by atoms with van der Waals surface area (Å²) in [6.07, 6.45) is 1.88. The first-order valence-corrected chi connectivity index (χ1v) is 11.4. The molecule has 2 aromatic rings. The van der Waals surface area contributed by atoms with Gasteiger partial charge in [-0.05, 0) is 43.9 Å². The number of aryl methyl sites for hydroxylation is 1. The monoisotopic (exact) mass is 406 g/mol. The Kier molecular flexibility index (Phi) is 7.08. The fourth-order valence-corrected chi connectivity index (χ4v) is 4.24. The second kappa shape index (κ2) is 8.91. The Morgan fingerprint density at radius 1 is 1.04 bits per heavy atom. The van der Waals surface area contributed by atoms with Crippen LogP contribution in [0.25, 0.3) is 0 Å². The van der Waals surface area contributed by atoms with E-state index in [2.05, 4.69) is 10.0 Å². The van der Waals surface area contributed by atoms with E-state index in [1.165, 1.54) is 17.8 Å². The summed E-state index contributed by atoms with van der Waals surface area (Å²) in [5.41, 5.74) is 2.51. The summed E-state index contributed by atoms with van der Waals surface area (Å²) in [6.45, 7) is 7.37. The average molecular weight is 407 g/mol. The first kappa shape index (κ1) is 21.5. The van der Waals surface area contributed by atoms with Gasteiger partial charge in [0, 0.05) is 16.9 Å². The maximum absolute atomic E-state index is 12.8. The fourth-order valence-electron chi connectivity index (χ4n) is 2.45. The molecule has 0 bridgehead atoms. The second-order valence-electron chi connectivity index (χ2n) is 6.76. The van der Waals surface area contributed by atoms with Crippen molar-refractivity contribution in [2.45, 2.75) is 43.5 Å². The van der Waals surface area contributed by atoms with Gasteiger partial charge in [0.05, 0.1) is 10.6 Å². The van der Waals surface area contributed by atoms with Gasteiger partial charge in [-0.3, -0.25) is 4.79 Å². The van der Waals surface area contributed by atoms with Crippen LogP contribution in [0.15, 0.2) is 52.3 Å². The predicted octanol–water partition coefficient (Wildman–Crippen LogP) is 4.35. The zero-order chi connectivity index (χ0) is 20.2. The molecule has 1 amide bonds. The number of rotatable bonds is 7. The normalized spacial score (nSPS) is 12.8. The Morgan fingerprint density at radius 2 is 1.67 bits per heavy atom. The standard InChI is InChI=1S/C20H26N2O3S2/c1-13(2)20(23)21-18-12-17(10-11-19(18)26-5)27(24,25)22-15(4)16-8-6-14(3)7-9-16/h6-13,15,22H,1-5H3,(H,21,23). The third-order valence-electron chi connectivity index (χ3n) is 4.17. The molecule has 0 spiro atoms. The molecule has 0 aliphatic rings. The third kappa shape index (κ3) is 5.57. The van der Waals surface area contributed by atoms with Crippen LogP contribution in [0.2, 0.25) is 0 Å². The Hall–Kier alpha value is -1.83. The van der Waals surface area contributed by atoms with Crippen LogP contribution >= 0.6 is 11.8 Å². The second-order valence-corrected chi connectivity index (χ2v) is 9.32. The molecule has 0 radical (unpaired) electrons. The summed E-state index contributed by atoms with van der Waals surface area (Å²) in [6, 6.07) is 12.1. The van der Waals surface area contributed by atoms with Gasteiger partial charge in [-0.15, -0.1) is 11.8 Å². The van der Waals surface area contributed by atoms with Crippen molar-refractivity contribution in [3.8, 4) is 0 Å². The number of hydrogen-bond acceptors (Lipinski definition) is 4. The smallest absolute Gasteiger partial charge is 0.241 e. The highest BCUT2D eigenvalue weighted by atomic mass is 32.2. The van der Waals surface area contributed by atoms with E-state index in [0.717, 1.165) is 16.0 Å². The molecular weight excluding hydrogens is 380 g/mol. The first-order chi connectivity index (χ1) is 12.6. The maximum Gasteiger partial charge on any atom is 0.241 e. The lowest BCUT2D eigenvalue weighted by Crippen LogP contribution is -2.27. The van der Waals surface area contributed by atoms with E-state index in [1.807, 2.05) is 37.4 Å². The molecule has 5 nitrogen and oxygen atoms in total. The van der Waals surface area contributed by atoms with Crippen LogP contribution < -0.4 is 10.0 Å². The van der Waals surface area contributed by atoms with Crippen molar-refractivity contribution < 1.29 is 13.2 Å². The Balaban J connectivity index is 2.29. The molecule has 0 saturated carbocycles. The van der Waals surface area contributed by atoms with Crippen LogP contribution in [0.1, 0.15) is 37.9 Å². The Labute approximate surface area is 166 Å². The maximum atomic E-state index is 12.8. The number of hydrogen-bond donors (Lipinski definition) is 2. The topological polar surface area (TPSA) is 75.3 Å². The van der Waals surface area contributed by atoms with Gasteiger partial charge < -0.3 is 5.32 Å². The van der Waals surface area contributed by atoms with Gasteiger partial charge in [-0.1, -0.05) is 43.7 Å². The van der Waals surface area contributed by atoms with Crippen LogP contribution in [0, 0.1) is 12.8 Å². The molecule has 1 atom stereocenters. The van der Waals surface area contributed by atoms with E-state index in [-0.39, 0.29) is 22.8 Å². The molecule has 1 unspecified atom stereocenters. The minimum atomic E-state index is -3.73. The number of amides is 1. The molecule has 0 fully saturated rings. The van der Waals surface area contributed by atoms with E-state index in [0.29, 0.717) is 5.69 Å². The number of anilines is 1. The highest BCUT2D eigenvalue weighted by Gasteiger charge is 2.20. The molecule has 7 heteroatoms. The number of carbonyl (C=O) groups excluding carboxylic acids is 1. The summed E-state index contributed by atoms with van der Waals surface area (Å²) < 4.78 is 28.3. The fraction of sp³-hybridized carbons (Fsp3) is 0.350. The highest BCUT2D eigenvalue weighted by Crippen LogP contribution is 2.29. The highest BCUT2D eigenvalue weighted by molar-refractivity contribution is 7.98. The van der Waals surface area contributed by atoms with Gasteiger partial charge in [0.1, 0.15) is 0 Å².